The number of ether oxygens (including phenoxy) is 1. The molecule has 0 aliphatic heterocycles. The molecule has 2 rings (SSSR count). The summed E-state index contributed by atoms with van der Waals surface area (Å²) in [6.07, 6.45) is 0.399. The first kappa shape index (κ1) is 12.7. The lowest BCUT2D eigenvalue weighted by Gasteiger charge is -2.11. The zero-order valence-corrected chi connectivity index (χ0v) is 9.94. The predicted octanol–water partition coefficient (Wildman–Crippen LogP) is 1.99. The van der Waals surface area contributed by atoms with E-state index in [4.69, 9.17) is 9.84 Å². The van der Waals surface area contributed by atoms with Crippen LogP contribution in [-0.2, 0) is 4.79 Å². The third-order valence-electron chi connectivity index (χ3n) is 2.56. The number of fused-ring (bicyclic) bond motifs is 1. The standard InChI is InChI=1S/C12H10N2O5/c1-7(12(15)16)19-10-5-4-9(14(17)18)8-3-2-6-13-11(8)10/h2-7H,1H3,(H,15,16)/t7-/m0/s1. The van der Waals surface area contributed by atoms with Gasteiger partial charge in [-0.25, -0.2) is 4.79 Å². The van der Waals surface area contributed by atoms with Crippen LogP contribution < -0.4 is 4.74 Å². The molecule has 0 aliphatic rings. The molecule has 0 bridgehead atoms. The van der Waals surface area contributed by atoms with Gasteiger partial charge in [0.15, 0.2) is 6.10 Å². The summed E-state index contributed by atoms with van der Waals surface area (Å²) >= 11 is 0. The molecule has 0 saturated heterocycles. The second-order valence-electron chi connectivity index (χ2n) is 3.84. The fraction of sp³-hybridized carbons (Fsp3) is 0.167. The molecule has 0 amide bonds. The molecule has 1 aromatic carbocycles. The summed E-state index contributed by atoms with van der Waals surface area (Å²) in [5.41, 5.74) is 0.170. The van der Waals surface area contributed by atoms with Gasteiger partial charge in [-0.05, 0) is 25.1 Å². The van der Waals surface area contributed by atoms with Crippen molar-refractivity contribution >= 4 is 22.6 Å². The molecule has 1 atom stereocenters. The number of carboxylic acid groups (broad SMARTS) is 1. The molecule has 7 heteroatoms. The van der Waals surface area contributed by atoms with Crippen LogP contribution in [0, 0.1) is 10.1 Å². The zero-order chi connectivity index (χ0) is 14.0. The van der Waals surface area contributed by atoms with E-state index in [0.29, 0.717) is 5.39 Å². The number of nitro groups is 1. The van der Waals surface area contributed by atoms with Crippen LogP contribution in [0.3, 0.4) is 0 Å². The average Bonchev–Trinajstić information content (AvgIpc) is 2.38. The van der Waals surface area contributed by atoms with Crippen LogP contribution in [0.25, 0.3) is 10.9 Å². The van der Waals surface area contributed by atoms with E-state index in [9.17, 15) is 14.9 Å². The van der Waals surface area contributed by atoms with E-state index in [2.05, 4.69) is 4.98 Å². The number of benzene rings is 1. The van der Waals surface area contributed by atoms with Gasteiger partial charge in [-0.3, -0.25) is 15.1 Å². The van der Waals surface area contributed by atoms with Gasteiger partial charge < -0.3 is 9.84 Å². The third-order valence-corrected chi connectivity index (χ3v) is 2.56. The Labute approximate surface area is 107 Å². The highest BCUT2D eigenvalue weighted by molar-refractivity contribution is 5.92. The average molecular weight is 262 g/mol. The Bertz CT molecular complexity index is 656. The molecule has 0 unspecified atom stereocenters. The Morgan fingerprint density at radius 3 is 2.84 bits per heavy atom. The van der Waals surface area contributed by atoms with Crippen LogP contribution in [0.1, 0.15) is 6.92 Å². The first-order valence-corrected chi connectivity index (χ1v) is 5.42. The number of carboxylic acids is 1. The minimum absolute atomic E-state index is 0.0987. The van der Waals surface area contributed by atoms with Gasteiger partial charge in [0.1, 0.15) is 11.3 Å². The van der Waals surface area contributed by atoms with Gasteiger partial charge >= 0.3 is 5.97 Å². The minimum Gasteiger partial charge on any atom is -0.479 e. The summed E-state index contributed by atoms with van der Waals surface area (Å²) in [4.78, 5) is 25.2. The van der Waals surface area contributed by atoms with Crippen molar-refractivity contribution in [1.82, 2.24) is 4.98 Å². The molecule has 98 valence electrons. The van der Waals surface area contributed by atoms with Gasteiger partial charge in [0.2, 0.25) is 0 Å². The molecule has 0 spiro atoms. The maximum absolute atomic E-state index is 10.9. The Morgan fingerprint density at radius 2 is 2.21 bits per heavy atom. The fourth-order valence-electron chi connectivity index (χ4n) is 1.63. The van der Waals surface area contributed by atoms with Crippen molar-refractivity contribution in [3.63, 3.8) is 0 Å². The van der Waals surface area contributed by atoms with Crippen molar-refractivity contribution in [3.05, 3.63) is 40.6 Å². The Hall–Kier alpha value is -2.70. The van der Waals surface area contributed by atoms with Crippen LogP contribution in [-0.4, -0.2) is 27.1 Å². The fourth-order valence-corrected chi connectivity index (χ4v) is 1.63. The van der Waals surface area contributed by atoms with E-state index in [-0.39, 0.29) is 17.0 Å². The van der Waals surface area contributed by atoms with Crippen LogP contribution in [0.2, 0.25) is 0 Å². The van der Waals surface area contributed by atoms with Gasteiger partial charge in [-0.1, -0.05) is 0 Å². The molecule has 1 heterocycles. The van der Waals surface area contributed by atoms with E-state index in [0.717, 1.165) is 0 Å². The lowest BCUT2D eigenvalue weighted by molar-refractivity contribution is -0.383. The second-order valence-corrected chi connectivity index (χ2v) is 3.84. The number of nitro benzene ring substituents is 1. The van der Waals surface area contributed by atoms with Gasteiger partial charge in [-0.2, -0.15) is 0 Å². The van der Waals surface area contributed by atoms with Crippen LogP contribution in [0.4, 0.5) is 5.69 Å². The number of nitrogens with zero attached hydrogens (tertiary/aromatic N) is 2. The first-order valence-electron chi connectivity index (χ1n) is 5.42. The summed E-state index contributed by atoms with van der Waals surface area (Å²) in [5.74, 6) is -0.918. The number of pyridine rings is 1. The van der Waals surface area contributed by atoms with Gasteiger partial charge in [0.25, 0.3) is 5.69 Å². The molecular formula is C12H10N2O5. The SMILES string of the molecule is C[C@H](Oc1ccc([N+](=O)[O-])c2cccnc12)C(=O)O. The van der Waals surface area contributed by atoms with Crippen molar-refractivity contribution in [3.8, 4) is 5.75 Å². The number of rotatable bonds is 4. The normalized spacial score (nSPS) is 12.1. The van der Waals surface area contributed by atoms with Gasteiger partial charge in [-0.15, -0.1) is 0 Å². The van der Waals surface area contributed by atoms with Crippen molar-refractivity contribution in [1.29, 1.82) is 0 Å². The van der Waals surface area contributed by atoms with E-state index in [1.807, 2.05) is 0 Å². The number of carbonyl (C=O) groups is 1. The first-order chi connectivity index (χ1) is 9.00. The van der Waals surface area contributed by atoms with Crippen molar-refractivity contribution in [2.45, 2.75) is 13.0 Å². The molecule has 0 fully saturated rings. The number of aromatic nitrogens is 1. The molecule has 0 radical (unpaired) electrons. The molecule has 19 heavy (non-hydrogen) atoms. The van der Waals surface area contributed by atoms with E-state index >= 15 is 0 Å². The monoisotopic (exact) mass is 262 g/mol. The van der Waals surface area contributed by atoms with Crippen molar-refractivity contribution in [2.75, 3.05) is 0 Å². The summed E-state index contributed by atoms with van der Waals surface area (Å²) < 4.78 is 5.24. The molecule has 2 aromatic rings. The van der Waals surface area contributed by atoms with E-state index in [1.54, 1.807) is 12.1 Å². The zero-order valence-electron chi connectivity index (χ0n) is 9.94. The van der Waals surface area contributed by atoms with E-state index < -0.39 is 17.0 Å². The van der Waals surface area contributed by atoms with Crippen molar-refractivity contribution in [2.24, 2.45) is 0 Å². The Morgan fingerprint density at radius 1 is 1.47 bits per heavy atom. The smallest absolute Gasteiger partial charge is 0.344 e. The third kappa shape index (κ3) is 2.44. The molecular weight excluding hydrogens is 252 g/mol. The van der Waals surface area contributed by atoms with Crippen LogP contribution in [0.5, 0.6) is 5.75 Å². The highest BCUT2D eigenvalue weighted by Crippen LogP contribution is 2.31. The summed E-state index contributed by atoms with van der Waals surface area (Å²) in [6, 6.07) is 5.74. The highest BCUT2D eigenvalue weighted by atomic mass is 16.6. The lowest BCUT2D eigenvalue weighted by Crippen LogP contribution is -2.23. The number of aliphatic carboxylic acids is 1. The predicted molar refractivity (Wildman–Crippen MR) is 66.1 cm³/mol. The molecule has 1 N–H and O–H groups in total. The maximum atomic E-state index is 10.9. The lowest BCUT2D eigenvalue weighted by atomic mass is 10.1. The number of hydrogen-bond acceptors (Lipinski definition) is 5. The summed E-state index contributed by atoms with van der Waals surface area (Å²) in [6.45, 7) is 1.37. The topological polar surface area (TPSA) is 103 Å². The molecule has 1 aromatic heterocycles. The quantitative estimate of drug-likeness (QED) is 0.667. The van der Waals surface area contributed by atoms with Crippen molar-refractivity contribution < 1.29 is 19.6 Å². The maximum Gasteiger partial charge on any atom is 0.344 e. The summed E-state index contributed by atoms with van der Waals surface area (Å²) in [5, 5.41) is 20.0. The van der Waals surface area contributed by atoms with E-state index in [1.165, 1.54) is 25.3 Å². The summed E-state index contributed by atoms with van der Waals surface area (Å²) in [7, 11) is 0. The van der Waals surface area contributed by atoms with Gasteiger partial charge in [0.05, 0.1) is 10.3 Å². The molecule has 0 saturated carbocycles. The molecule has 7 nitrogen and oxygen atoms in total. The largest absolute Gasteiger partial charge is 0.479 e. The van der Waals surface area contributed by atoms with Gasteiger partial charge in [0, 0.05) is 12.3 Å². The minimum atomic E-state index is -1.12. The molecule has 0 aliphatic carbocycles. The second kappa shape index (κ2) is 4.89. The van der Waals surface area contributed by atoms with Crippen LogP contribution in [0.15, 0.2) is 30.5 Å². The van der Waals surface area contributed by atoms with Crippen LogP contribution >= 0.6 is 0 Å². The Kier molecular flexibility index (Phi) is 3.28. The number of non-ortho nitro benzene ring substituents is 1. The highest BCUT2D eigenvalue weighted by Gasteiger charge is 2.19. The Balaban J connectivity index is 2.55. The number of hydrogen-bond donors (Lipinski definition) is 1.